The number of aryl methyl sites for hydroxylation is 1. The normalized spacial score (nSPS) is 14.0. The standard InChI is InChI=1S/C14H19BrO3/c1-10-4-3-5-11(8-10)13(14(17)18-2)7-6-12(16)9-15/h3-5,8,12-13,16H,6-7,9H2,1-2H3. The van der Waals surface area contributed by atoms with Gasteiger partial charge in [-0.2, -0.15) is 0 Å². The van der Waals surface area contributed by atoms with Crippen molar-refractivity contribution in [3.05, 3.63) is 35.4 Å². The van der Waals surface area contributed by atoms with Gasteiger partial charge in [-0.05, 0) is 25.3 Å². The lowest BCUT2D eigenvalue weighted by atomic mass is 9.92. The number of hydrogen-bond donors (Lipinski definition) is 1. The second-order valence-electron chi connectivity index (χ2n) is 4.38. The number of hydrogen-bond acceptors (Lipinski definition) is 3. The molecule has 4 heteroatoms. The highest BCUT2D eigenvalue weighted by Gasteiger charge is 2.22. The summed E-state index contributed by atoms with van der Waals surface area (Å²) < 4.78 is 4.84. The van der Waals surface area contributed by atoms with Crippen molar-refractivity contribution in [3.8, 4) is 0 Å². The van der Waals surface area contributed by atoms with Crippen molar-refractivity contribution in [3.63, 3.8) is 0 Å². The van der Waals surface area contributed by atoms with Crippen LogP contribution >= 0.6 is 15.9 Å². The number of benzene rings is 1. The first-order chi connectivity index (χ1) is 8.58. The quantitative estimate of drug-likeness (QED) is 0.648. The van der Waals surface area contributed by atoms with Crippen molar-refractivity contribution < 1.29 is 14.6 Å². The zero-order chi connectivity index (χ0) is 13.5. The Labute approximate surface area is 116 Å². The van der Waals surface area contributed by atoms with Crippen molar-refractivity contribution in [2.24, 2.45) is 0 Å². The van der Waals surface area contributed by atoms with Crippen LogP contribution < -0.4 is 0 Å². The van der Waals surface area contributed by atoms with Gasteiger partial charge in [0.1, 0.15) is 0 Å². The summed E-state index contributed by atoms with van der Waals surface area (Å²) in [6.45, 7) is 1.99. The summed E-state index contributed by atoms with van der Waals surface area (Å²) in [5, 5.41) is 10.1. The molecule has 2 atom stereocenters. The van der Waals surface area contributed by atoms with Gasteiger partial charge in [-0.15, -0.1) is 0 Å². The molecule has 0 aliphatic carbocycles. The van der Waals surface area contributed by atoms with E-state index in [1.54, 1.807) is 0 Å². The number of rotatable bonds is 6. The van der Waals surface area contributed by atoms with E-state index in [0.717, 1.165) is 11.1 Å². The third kappa shape index (κ3) is 4.42. The average molecular weight is 315 g/mol. The van der Waals surface area contributed by atoms with Crippen molar-refractivity contribution >= 4 is 21.9 Å². The Balaban J connectivity index is 2.81. The fraction of sp³-hybridized carbons (Fsp3) is 0.500. The number of aliphatic hydroxyl groups excluding tert-OH is 1. The monoisotopic (exact) mass is 314 g/mol. The maximum atomic E-state index is 11.8. The number of esters is 1. The van der Waals surface area contributed by atoms with Crippen LogP contribution in [0.25, 0.3) is 0 Å². The Morgan fingerprint density at radius 2 is 2.17 bits per heavy atom. The maximum Gasteiger partial charge on any atom is 0.313 e. The Morgan fingerprint density at radius 3 is 2.72 bits per heavy atom. The molecule has 0 amide bonds. The molecule has 0 aliphatic heterocycles. The van der Waals surface area contributed by atoms with Crippen LogP contribution in [0.5, 0.6) is 0 Å². The fourth-order valence-electron chi connectivity index (χ4n) is 1.89. The molecule has 0 saturated heterocycles. The largest absolute Gasteiger partial charge is 0.469 e. The summed E-state index contributed by atoms with van der Waals surface area (Å²) in [6, 6.07) is 7.84. The Bertz CT molecular complexity index is 392. The molecule has 3 nitrogen and oxygen atoms in total. The summed E-state index contributed by atoms with van der Waals surface area (Å²) in [4.78, 5) is 11.8. The first-order valence-corrected chi connectivity index (χ1v) is 7.09. The molecular formula is C14H19BrO3. The highest BCUT2D eigenvalue weighted by atomic mass is 79.9. The molecule has 18 heavy (non-hydrogen) atoms. The lowest BCUT2D eigenvalue weighted by Gasteiger charge is -2.17. The third-order valence-electron chi connectivity index (χ3n) is 2.90. The maximum absolute atomic E-state index is 11.8. The van der Waals surface area contributed by atoms with Gasteiger partial charge in [0, 0.05) is 5.33 Å². The highest BCUT2D eigenvalue weighted by molar-refractivity contribution is 9.09. The van der Waals surface area contributed by atoms with Crippen molar-refractivity contribution in [1.82, 2.24) is 0 Å². The fourth-order valence-corrected chi connectivity index (χ4v) is 2.21. The number of carbonyl (C=O) groups excluding carboxylic acids is 1. The molecule has 0 saturated carbocycles. The number of carbonyl (C=O) groups is 1. The van der Waals surface area contributed by atoms with Crippen molar-refractivity contribution in [2.45, 2.75) is 31.8 Å². The number of halogens is 1. The molecule has 1 aromatic rings. The van der Waals surface area contributed by atoms with Crippen LogP contribution in [-0.4, -0.2) is 29.6 Å². The van der Waals surface area contributed by atoms with Crippen molar-refractivity contribution in [2.75, 3.05) is 12.4 Å². The lowest BCUT2D eigenvalue weighted by molar-refractivity contribution is -0.142. The van der Waals surface area contributed by atoms with Crippen LogP contribution in [0.1, 0.15) is 29.9 Å². The Hall–Kier alpha value is -0.870. The predicted octanol–water partition coefficient (Wildman–Crippen LogP) is 2.79. The minimum absolute atomic E-state index is 0.248. The molecule has 0 heterocycles. The Kier molecular flexibility index (Phi) is 6.36. The van der Waals surface area contributed by atoms with Gasteiger partial charge in [0.05, 0.1) is 19.1 Å². The molecule has 0 aromatic heterocycles. The van der Waals surface area contributed by atoms with E-state index in [1.165, 1.54) is 7.11 Å². The number of aliphatic hydroxyl groups is 1. The van der Waals surface area contributed by atoms with Crippen LogP contribution in [0.2, 0.25) is 0 Å². The van der Waals surface area contributed by atoms with E-state index in [0.29, 0.717) is 18.2 Å². The van der Waals surface area contributed by atoms with E-state index < -0.39 is 6.10 Å². The molecule has 1 rings (SSSR count). The van der Waals surface area contributed by atoms with E-state index in [1.807, 2.05) is 31.2 Å². The zero-order valence-corrected chi connectivity index (χ0v) is 12.3. The molecule has 100 valence electrons. The third-order valence-corrected chi connectivity index (χ3v) is 3.64. The smallest absolute Gasteiger partial charge is 0.313 e. The highest BCUT2D eigenvalue weighted by Crippen LogP contribution is 2.24. The average Bonchev–Trinajstić information content (AvgIpc) is 2.38. The first-order valence-electron chi connectivity index (χ1n) is 5.97. The van der Waals surface area contributed by atoms with Crippen LogP contribution in [0.4, 0.5) is 0 Å². The van der Waals surface area contributed by atoms with E-state index in [2.05, 4.69) is 15.9 Å². The van der Waals surface area contributed by atoms with Gasteiger partial charge in [0.25, 0.3) is 0 Å². The minimum atomic E-state index is -0.429. The summed E-state index contributed by atoms with van der Waals surface area (Å²) in [7, 11) is 1.39. The van der Waals surface area contributed by atoms with Gasteiger partial charge in [-0.25, -0.2) is 0 Å². The van der Waals surface area contributed by atoms with Gasteiger partial charge in [-0.3, -0.25) is 4.79 Å². The molecule has 1 aromatic carbocycles. The van der Waals surface area contributed by atoms with E-state index in [9.17, 15) is 9.90 Å². The molecule has 0 fully saturated rings. The van der Waals surface area contributed by atoms with Crippen LogP contribution in [-0.2, 0) is 9.53 Å². The van der Waals surface area contributed by atoms with E-state index in [4.69, 9.17) is 4.74 Å². The number of ether oxygens (including phenoxy) is 1. The number of methoxy groups -OCH3 is 1. The van der Waals surface area contributed by atoms with E-state index >= 15 is 0 Å². The summed E-state index contributed by atoms with van der Waals surface area (Å²) in [5.41, 5.74) is 2.06. The topological polar surface area (TPSA) is 46.5 Å². The minimum Gasteiger partial charge on any atom is -0.469 e. The van der Waals surface area contributed by atoms with Gasteiger partial charge in [0.2, 0.25) is 0 Å². The lowest BCUT2D eigenvalue weighted by Crippen LogP contribution is -2.18. The molecule has 2 unspecified atom stereocenters. The van der Waals surface area contributed by atoms with Gasteiger partial charge in [-0.1, -0.05) is 45.8 Å². The molecular weight excluding hydrogens is 296 g/mol. The molecule has 0 radical (unpaired) electrons. The SMILES string of the molecule is COC(=O)C(CCC(O)CBr)c1cccc(C)c1. The predicted molar refractivity (Wildman–Crippen MR) is 75.0 cm³/mol. The first kappa shape index (κ1) is 15.2. The van der Waals surface area contributed by atoms with Crippen molar-refractivity contribution in [1.29, 1.82) is 0 Å². The van der Waals surface area contributed by atoms with Crippen LogP contribution in [0, 0.1) is 6.92 Å². The molecule has 0 spiro atoms. The molecule has 1 N–H and O–H groups in total. The van der Waals surface area contributed by atoms with Gasteiger partial charge < -0.3 is 9.84 Å². The zero-order valence-electron chi connectivity index (χ0n) is 10.7. The summed E-state index contributed by atoms with van der Waals surface area (Å²) in [5.74, 6) is -0.550. The van der Waals surface area contributed by atoms with Crippen LogP contribution in [0.15, 0.2) is 24.3 Å². The second-order valence-corrected chi connectivity index (χ2v) is 5.02. The van der Waals surface area contributed by atoms with Gasteiger partial charge >= 0.3 is 5.97 Å². The summed E-state index contributed by atoms with van der Waals surface area (Å²) >= 11 is 3.22. The summed E-state index contributed by atoms with van der Waals surface area (Å²) in [6.07, 6.45) is 0.726. The molecule has 0 bridgehead atoms. The molecule has 0 aliphatic rings. The van der Waals surface area contributed by atoms with Crippen LogP contribution in [0.3, 0.4) is 0 Å². The van der Waals surface area contributed by atoms with Gasteiger partial charge in [0.15, 0.2) is 0 Å². The Morgan fingerprint density at radius 1 is 1.44 bits per heavy atom. The van der Waals surface area contributed by atoms with E-state index in [-0.39, 0.29) is 11.9 Å². The number of alkyl halides is 1. The second kappa shape index (κ2) is 7.54.